The quantitative estimate of drug-likeness (QED) is 0.866. The van der Waals surface area contributed by atoms with Gasteiger partial charge in [0.25, 0.3) is 0 Å². The van der Waals surface area contributed by atoms with Crippen molar-refractivity contribution >= 4 is 0 Å². The van der Waals surface area contributed by atoms with Crippen LogP contribution >= 0.6 is 0 Å². The highest BCUT2D eigenvalue weighted by atomic mass is 16.5. The van der Waals surface area contributed by atoms with E-state index in [-0.39, 0.29) is 6.04 Å². The second kappa shape index (κ2) is 5.54. The first kappa shape index (κ1) is 12.4. The Morgan fingerprint density at radius 3 is 2.65 bits per heavy atom. The lowest BCUT2D eigenvalue weighted by Gasteiger charge is -2.16. The summed E-state index contributed by atoms with van der Waals surface area (Å²) in [4.78, 5) is 0. The van der Waals surface area contributed by atoms with Gasteiger partial charge in [0.15, 0.2) is 0 Å². The first-order valence-electron chi connectivity index (χ1n) is 6.63. The van der Waals surface area contributed by atoms with Gasteiger partial charge < -0.3 is 10.5 Å². The SMILES string of the molecule is COc1ccc(CC(C)N)cc1C1CCCC1. The molecule has 1 aromatic rings. The van der Waals surface area contributed by atoms with Crippen LogP contribution < -0.4 is 10.5 Å². The topological polar surface area (TPSA) is 35.2 Å². The molecule has 2 nitrogen and oxygen atoms in total. The van der Waals surface area contributed by atoms with Gasteiger partial charge in [-0.15, -0.1) is 0 Å². The fourth-order valence-corrected chi connectivity index (χ4v) is 2.84. The zero-order valence-electron chi connectivity index (χ0n) is 10.9. The summed E-state index contributed by atoms with van der Waals surface area (Å²) < 4.78 is 5.49. The van der Waals surface area contributed by atoms with Crippen molar-refractivity contribution in [2.45, 2.75) is 51.0 Å². The van der Waals surface area contributed by atoms with Gasteiger partial charge >= 0.3 is 0 Å². The van der Waals surface area contributed by atoms with Crippen LogP contribution in [0.4, 0.5) is 0 Å². The average molecular weight is 233 g/mol. The Morgan fingerprint density at radius 1 is 1.35 bits per heavy atom. The van der Waals surface area contributed by atoms with Crippen molar-refractivity contribution in [3.05, 3.63) is 29.3 Å². The van der Waals surface area contributed by atoms with Crippen molar-refractivity contribution in [2.75, 3.05) is 7.11 Å². The van der Waals surface area contributed by atoms with Crippen LogP contribution in [-0.2, 0) is 6.42 Å². The van der Waals surface area contributed by atoms with Gasteiger partial charge in [0, 0.05) is 6.04 Å². The molecule has 1 unspecified atom stereocenters. The number of hydrogen-bond acceptors (Lipinski definition) is 2. The van der Waals surface area contributed by atoms with Crippen molar-refractivity contribution in [3.63, 3.8) is 0 Å². The highest BCUT2D eigenvalue weighted by Crippen LogP contribution is 2.39. The predicted molar refractivity (Wildman–Crippen MR) is 71.6 cm³/mol. The molecule has 1 atom stereocenters. The third-order valence-corrected chi connectivity index (χ3v) is 3.65. The van der Waals surface area contributed by atoms with Crippen LogP contribution in [0.25, 0.3) is 0 Å². The Bertz CT molecular complexity index is 367. The smallest absolute Gasteiger partial charge is 0.122 e. The normalized spacial score (nSPS) is 18.3. The van der Waals surface area contributed by atoms with E-state index in [1.54, 1.807) is 7.11 Å². The van der Waals surface area contributed by atoms with Crippen molar-refractivity contribution < 1.29 is 4.74 Å². The van der Waals surface area contributed by atoms with Gasteiger partial charge in [-0.25, -0.2) is 0 Å². The Hall–Kier alpha value is -1.02. The highest BCUT2D eigenvalue weighted by molar-refractivity contribution is 5.40. The molecule has 2 N–H and O–H groups in total. The van der Waals surface area contributed by atoms with E-state index < -0.39 is 0 Å². The number of nitrogens with two attached hydrogens (primary N) is 1. The maximum absolute atomic E-state index is 5.87. The fourth-order valence-electron chi connectivity index (χ4n) is 2.84. The molecule has 2 heteroatoms. The van der Waals surface area contributed by atoms with Crippen molar-refractivity contribution in [1.82, 2.24) is 0 Å². The van der Waals surface area contributed by atoms with Gasteiger partial charge in [0.2, 0.25) is 0 Å². The van der Waals surface area contributed by atoms with Gasteiger partial charge in [0.05, 0.1) is 7.11 Å². The Morgan fingerprint density at radius 2 is 2.06 bits per heavy atom. The number of methoxy groups -OCH3 is 1. The molecule has 2 rings (SSSR count). The largest absolute Gasteiger partial charge is 0.496 e. The third-order valence-electron chi connectivity index (χ3n) is 3.65. The van der Waals surface area contributed by atoms with Crippen LogP contribution in [0.2, 0.25) is 0 Å². The fraction of sp³-hybridized carbons (Fsp3) is 0.600. The summed E-state index contributed by atoms with van der Waals surface area (Å²) in [5.41, 5.74) is 8.59. The summed E-state index contributed by atoms with van der Waals surface area (Å²) in [6.07, 6.45) is 6.26. The van der Waals surface area contributed by atoms with E-state index in [0.29, 0.717) is 5.92 Å². The molecule has 1 aliphatic rings. The van der Waals surface area contributed by atoms with Crippen LogP contribution in [0.5, 0.6) is 5.75 Å². The van der Waals surface area contributed by atoms with E-state index in [4.69, 9.17) is 10.5 Å². The van der Waals surface area contributed by atoms with Crippen molar-refractivity contribution in [3.8, 4) is 5.75 Å². The van der Waals surface area contributed by atoms with Gasteiger partial charge in [-0.2, -0.15) is 0 Å². The molecule has 1 aromatic carbocycles. The van der Waals surface area contributed by atoms with Gasteiger partial charge in [-0.3, -0.25) is 0 Å². The lowest BCUT2D eigenvalue weighted by molar-refractivity contribution is 0.405. The first-order valence-corrected chi connectivity index (χ1v) is 6.63. The number of hydrogen-bond donors (Lipinski definition) is 1. The average Bonchev–Trinajstić information content (AvgIpc) is 2.81. The van der Waals surface area contributed by atoms with Gasteiger partial charge in [0.1, 0.15) is 5.75 Å². The molecule has 0 spiro atoms. The summed E-state index contributed by atoms with van der Waals surface area (Å²) in [7, 11) is 1.76. The van der Waals surface area contributed by atoms with Crippen LogP contribution in [-0.4, -0.2) is 13.2 Å². The predicted octanol–water partition coefficient (Wildman–Crippen LogP) is 3.24. The lowest BCUT2D eigenvalue weighted by Crippen LogP contribution is -2.17. The minimum absolute atomic E-state index is 0.222. The van der Waals surface area contributed by atoms with Crippen LogP contribution in [0.3, 0.4) is 0 Å². The van der Waals surface area contributed by atoms with Crippen LogP contribution in [0.1, 0.15) is 49.7 Å². The van der Waals surface area contributed by atoms with Crippen molar-refractivity contribution in [2.24, 2.45) is 5.73 Å². The zero-order chi connectivity index (χ0) is 12.3. The molecule has 0 amide bonds. The van der Waals surface area contributed by atoms with Gasteiger partial charge in [-0.1, -0.05) is 25.0 Å². The maximum Gasteiger partial charge on any atom is 0.122 e. The van der Waals surface area contributed by atoms with Crippen LogP contribution in [0.15, 0.2) is 18.2 Å². The maximum atomic E-state index is 5.87. The molecule has 1 saturated carbocycles. The standard InChI is InChI=1S/C15H23NO/c1-11(16)9-12-7-8-15(17-2)14(10-12)13-5-3-4-6-13/h7-8,10-11,13H,3-6,9,16H2,1-2H3. The van der Waals surface area contributed by atoms with Gasteiger partial charge in [-0.05, 0) is 49.3 Å². The Labute approximate surface area is 104 Å². The highest BCUT2D eigenvalue weighted by Gasteiger charge is 2.20. The molecule has 1 aliphatic carbocycles. The molecular formula is C15H23NO. The van der Waals surface area contributed by atoms with E-state index in [1.807, 2.05) is 0 Å². The van der Waals surface area contributed by atoms with Crippen LogP contribution in [0, 0.1) is 0 Å². The summed E-state index contributed by atoms with van der Waals surface area (Å²) >= 11 is 0. The van der Waals surface area contributed by atoms with E-state index in [9.17, 15) is 0 Å². The molecule has 0 aliphatic heterocycles. The molecule has 0 heterocycles. The molecule has 0 radical (unpaired) electrons. The van der Waals surface area contributed by atoms with Crippen molar-refractivity contribution in [1.29, 1.82) is 0 Å². The number of benzene rings is 1. The monoisotopic (exact) mass is 233 g/mol. The Balaban J connectivity index is 2.25. The number of rotatable bonds is 4. The second-order valence-corrected chi connectivity index (χ2v) is 5.24. The molecule has 94 valence electrons. The lowest BCUT2D eigenvalue weighted by atomic mass is 9.93. The van der Waals surface area contributed by atoms with E-state index in [2.05, 4.69) is 25.1 Å². The number of ether oxygens (including phenoxy) is 1. The summed E-state index contributed by atoms with van der Waals surface area (Å²) in [6.45, 7) is 2.06. The minimum atomic E-state index is 0.222. The molecular weight excluding hydrogens is 210 g/mol. The molecule has 0 saturated heterocycles. The summed E-state index contributed by atoms with van der Waals surface area (Å²) in [5.74, 6) is 1.74. The third kappa shape index (κ3) is 3.01. The molecule has 0 aromatic heterocycles. The second-order valence-electron chi connectivity index (χ2n) is 5.24. The zero-order valence-corrected chi connectivity index (χ0v) is 10.9. The molecule has 1 fully saturated rings. The summed E-state index contributed by atoms with van der Waals surface area (Å²) in [6, 6.07) is 6.77. The van der Waals surface area contributed by atoms with E-state index >= 15 is 0 Å². The molecule has 0 bridgehead atoms. The molecule has 17 heavy (non-hydrogen) atoms. The first-order chi connectivity index (χ1) is 8.20. The Kier molecular flexibility index (Phi) is 4.06. The minimum Gasteiger partial charge on any atom is -0.496 e. The summed E-state index contributed by atoms with van der Waals surface area (Å²) in [5, 5.41) is 0. The van der Waals surface area contributed by atoms with E-state index in [1.165, 1.54) is 36.8 Å². The van der Waals surface area contributed by atoms with E-state index in [0.717, 1.165) is 12.2 Å².